The summed E-state index contributed by atoms with van der Waals surface area (Å²) >= 11 is 0. The van der Waals surface area contributed by atoms with Crippen molar-refractivity contribution in [3.63, 3.8) is 0 Å². The van der Waals surface area contributed by atoms with Gasteiger partial charge in [0.05, 0.1) is 5.41 Å². The van der Waals surface area contributed by atoms with Crippen LogP contribution >= 0.6 is 0 Å². The standard InChI is InChI=1S/C16H24O3/c1-11-8-7-9-12(15(2,3)4)13(11)19-10-16(5,6)14(17)18/h7-9H,10H2,1-6H3,(H,17,18). The van der Waals surface area contributed by atoms with Crippen LogP contribution in [-0.4, -0.2) is 17.7 Å². The van der Waals surface area contributed by atoms with Gasteiger partial charge in [-0.2, -0.15) is 0 Å². The molecule has 0 saturated carbocycles. The van der Waals surface area contributed by atoms with Crippen LogP contribution in [0.3, 0.4) is 0 Å². The fourth-order valence-corrected chi connectivity index (χ4v) is 1.75. The lowest BCUT2D eigenvalue weighted by atomic mass is 9.85. The lowest BCUT2D eigenvalue weighted by Crippen LogP contribution is -2.31. The van der Waals surface area contributed by atoms with Gasteiger partial charge in [-0.05, 0) is 37.3 Å². The van der Waals surface area contributed by atoms with Gasteiger partial charge in [0.25, 0.3) is 0 Å². The molecule has 1 aromatic carbocycles. The number of aliphatic carboxylic acids is 1. The Morgan fingerprint density at radius 2 is 1.79 bits per heavy atom. The van der Waals surface area contributed by atoms with Gasteiger partial charge in [-0.1, -0.05) is 39.0 Å². The Kier molecular flexibility index (Phi) is 4.28. The van der Waals surface area contributed by atoms with Crippen molar-refractivity contribution < 1.29 is 14.6 Å². The second-order valence-electron chi connectivity index (χ2n) is 6.68. The molecule has 0 unspecified atom stereocenters. The Morgan fingerprint density at radius 3 is 2.26 bits per heavy atom. The summed E-state index contributed by atoms with van der Waals surface area (Å²) < 4.78 is 5.84. The van der Waals surface area contributed by atoms with E-state index in [1.807, 2.05) is 25.1 Å². The smallest absolute Gasteiger partial charge is 0.312 e. The number of benzene rings is 1. The third-order valence-corrected chi connectivity index (χ3v) is 3.18. The molecule has 0 spiro atoms. The molecule has 3 nitrogen and oxygen atoms in total. The summed E-state index contributed by atoms with van der Waals surface area (Å²) in [4.78, 5) is 11.1. The molecule has 1 N–H and O–H groups in total. The van der Waals surface area contributed by atoms with Gasteiger partial charge in [0.15, 0.2) is 0 Å². The molecule has 0 aliphatic rings. The highest BCUT2D eigenvalue weighted by atomic mass is 16.5. The summed E-state index contributed by atoms with van der Waals surface area (Å²) in [5.41, 5.74) is 1.22. The molecular weight excluding hydrogens is 240 g/mol. The molecule has 106 valence electrons. The average molecular weight is 264 g/mol. The molecule has 0 heterocycles. The van der Waals surface area contributed by atoms with Gasteiger partial charge in [0.1, 0.15) is 12.4 Å². The first-order valence-electron chi connectivity index (χ1n) is 6.52. The van der Waals surface area contributed by atoms with Gasteiger partial charge >= 0.3 is 5.97 Å². The van der Waals surface area contributed by atoms with Crippen LogP contribution in [0.15, 0.2) is 18.2 Å². The number of rotatable bonds is 4. The molecule has 0 bridgehead atoms. The van der Waals surface area contributed by atoms with Gasteiger partial charge < -0.3 is 9.84 Å². The molecule has 0 radical (unpaired) electrons. The first kappa shape index (κ1) is 15.5. The quantitative estimate of drug-likeness (QED) is 0.900. The molecule has 0 aromatic heterocycles. The number of hydrogen-bond donors (Lipinski definition) is 1. The number of carboxylic acids is 1. The van der Waals surface area contributed by atoms with Crippen LogP contribution in [0.5, 0.6) is 5.75 Å². The van der Waals surface area contributed by atoms with E-state index in [1.165, 1.54) is 0 Å². The normalized spacial score (nSPS) is 12.3. The zero-order chi connectivity index (χ0) is 14.8. The number of para-hydroxylation sites is 1. The summed E-state index contributed by atoms with van der Waals surface area (Å²) in [6.07, 6.45) is 0. The molecule has 0 amide bonds. The van der Waals surface area contributed by atoms with Crippen LogP contribution in [0.4, 0.5) is 0 Å². The molecule has 0 saturated heterocycles. The Labute approximate surface area is 115 Å². The van der Waals surface area contributed by atoms with E-state index in [4.69, 9.17) is 9.84 Å². The van der Waals surface area contributed by atoms with Crippen molar-refractivity contribution >= 4 is 5.97 Å². The topological polar surface area (TPSA) is 46.5 Å². The second kappa shape index (κ2) is 5.24. The molecule has 19 heavy (non-hydrogen) atoms. The van der Waals surface area contributed by atoms with Crippen LogP contribution in [-0.2, 0) is 10.2 Å². The predicted octanol–water partition coefficient (Wildman–Crippen LogP) is 3.78. The summed E-state index contributed by atoms with van der Waals surface area (Å²) in [5, 5.41) is 9.14. The van der Waals surface area contributed by atoms with Gasteiger partial charge in [0, 0.05) is 0 Å². The Morgan fingerprint density at radius 1 is 1.21 bits per heavy atom. The molecule has 0 atom stereocenters. The van der Waals surface area contributed by atoms with Crippen molar-refractivity contribution in [2.45, 2.75) is 47.0 Å². The molecule has 0 fully saturated rings. The Hall–Kier alpha value is -1.51. The lowest BCUT2D eigenvalue weighted by molar-refractivity contribution is -0.148. The van der Waals surface area contributed by atoms with E-state index in [0.29, 0.717) is 0 Å². The zero-order valence-electron chi connectivity index (χ0n) is 12.7. The van der Waals surface area contributed by atoms with E-state index < -0.39 is 11.4 Å². The van der Waals surface area contributed by atoms with Crippen molar-refractivity contribution in [1.29, 1.82) is 0 Å². The lowest BCUT2D eigenvalue weighted by Gasteiger charge is -2.26. The van der Waals surface area contributed by atoms with Crippen molar-refractivity contribution in [3.8, 4) is 5.75 Å². The first-order chi connectivity index (χ1) is 8.55. The highest BCUT2D eigenvalue weighted by Gasteiger charge is 2.29. The molecule has 0 aliphatic heterocycles. The highest BCUT2D eigenvalue weighted by molar-refractivity contribution is 5.73. The van der Waals surface area contributed by atoms with Crippen LogP contribution in [0.25, 0.3) is 0 Å². The Balaban J connectivity index is 3.05. The van der Waals surface area contributed by atoms with Crippen molar-refractivity contribution in [1.82, 2.24) is 0 Å². The summed E-state index contributed by atoms with van der Waals surface area (Å²) in [6.45, 7) is 11.9. The van der Waals surface area contributed by atoms with Gasteiger partial charge in [0.2, 0.25) is 0 Å². The van der Waals surface area contributed by atoms with Crippen LogP contribution < -0.4 is 4.74 Å². The van der Waals surface area contributed by atoms with E-state index >= 15 is 0 Å². The van der Waals surface area contributed by atoms with E-state index in [-0.39, 0.29) is 12.0 Å². The zero-order valence-corrected chi connectivity index (χ0v) is 12.7. The van der Waals surface area contributed by atoms with Gasteiger partial charge in [-0.25, -0.2) is 0 Å². The summed E-state index contributed by atoms with van der Waals surface area (Å²) in [7, 11) is 0. The number of carbonyl (C=O) groups is 1. The molecular formula is C16H24O3. The van der Waals surface area contributed by atoms with E-state index in [1.54, 1.807) is 13.8 Å². The maximum atomic E-state index is 11.1. The molecule has 1 rings (SSSR count). The van der Waals surface area contributed by atoms with Crippen LogP contribution in [0, 0.1) is 12.3 Å². The number of aryl methyl sites for hydroxylation is 1. The largest absolute Gasteiger partial charge is 0.492 e. The predicted molar refractivity (Wildman–Crippen MR) is 76.8 cm³/mol. The summed E-state index contributed by atoms with van der Waals surface area (Å²) in [5.74, 6) is -0.0392. The molecule has 0 aliphatic carbocycles. The minimum atomic E-state index is -0.891. The number of hydrogen-bond acceptors (Lipinski definition) is 2. The van der Waals surface area contributed by atoms with Gasteiger partial charge in [-0.15, -0.1) is 0 Å². The van der Waals surface area contributed by atoms with Crippen molar-refractivity contribution in [3.05, 3.63) is 29.3 Å². The monoisotopic (exact) mass is 264 g/mol. The molecule has 1 aromatic rings. The van der Waals surface area contributed by atoms with Crippen molar-refractivity contribution in [2.24, 2.45) is 5.41 Å². The molecule has 3 heteroatoms. The first-order valence-corrected chi connectivity index (χ1v) is 6.52. The minimum absolute atomic E-state index is 0.0330. The van der Waals surface area contributed by atoms with Crippen LogP contribution in [0.2, 0.25) is 0 Å². The Bertz CT molecular complexity index is 467. The average Bonchev–Trinajstić information content (AvgIpc) is 2.25. The fraction of sp³-hybridized carbons (Fsp3) is 0.562. The highest BCUT2D eigenvalue weighted by Crippen LogP contribution is 2.34. The maximum absolute atomic E-state index is 11.1. The second-order valence-corrected chi connectivity index (χ2v) is 6.68. The maximum Gasteiger partial charge on any atom is 0.312 e. The van der Waals surface area contributed by atoms with E-state index in [0.717, 1.165) is 16.9 Å². The fourth-order valence-electron chi connectivity index (χ4n) is 1.75. The van der Waals surface area contributed by atoms with Gasteiger partial charge in [-0.3, -0.25) is 4.79 Å². The third-order valence-electron chi connectivity index (χ3n) is 3.18. The van der Waals surface area contributed by atoms with E-state index in [9.17, 15) is 4.79 Å². The number of carboxylic acid groups (broad SMARTS) is 1. The van der Waals surface area contributed by atoms with E-state index in [2.05, 4.69) is 20.8 Å². The summed E-state index contributed by atoms with van der Waals surface area (Å²) in [6, 6.07) is 6.03. The minimum Gasteiger partial charge on any atom is -0.492 e. The van der Waals surface area contributed by atoms with Crippen LogP contribution in [0.1, 0.15) is 45.7 Å². The third kappa shape index (κ3) is 3.72. The SMILES string of the molecule is Cc1cccc(C(C)(C)C)c1OCC(C)(C)C(=O)O. The number of ether oxygens (including phenoxy) is 1. The van der Waals surface area contributed by atoms with Crippen molar-refractivity contribution in [2.75, 3.05) is 6.61 Å².